The van der Waals surface area contributed by atoms with Crippen molar-refractivity contribution in [3.63, 3.8) is 0 Å². The first-order chi connectivity index (χ1) is 14.6. The zero-order chi connectivity index (χ0) is 21.2. The molecule has 0 aliphatic heterocycles. The molecular formula is C23H33IN4O2S. The number of nitrogens with one attached hydrogen (secondary N) is 3. The normalized spacial score (nSPS) is 14.3. The summed E-state index contributed by atoms with van der Waals surface area (Å²) in [6, 6.07) is 10.4. The summed E-state index contributed by atoms with van der Waals surface area (Å²) in [7, 11) is 0. The number of carbonyl (C=O) groups excluding carboxylic acids is 1. The second kappa shape index (κ2) is 13.6. The summed E-state index contributed by atoms with van der Waals surface area (Å²) in [5, 5.41) is 13.9. The van der Waals surface area contributed by atoms with Gasteiger partial charge >= 0.3 is 0 Å². The number of nitrogens with zero attached hydrogens (tertiary/aromatic N) is 1. The fourth-order valence-electron chi connectivity index (χ4n) is 2.95. The Morgan fingerprint density at radius 2 is 2.00 bits per heavy atom. The molecule has 2 aromatic rings. The van der Waals surface area contributed by atoms with Gasteiger partial charge in [-0.2, -0.15) is 11.3 Å². The number of thiophene rings is 1. The Kier molecular flexibility index (Phi) is 11.1. The van der Waals surface area contributed by atoms with Crippen LogP contribution in [0.1, 0.15) is 43.7 Å². The third kappa shape index (κ3) is 9.47. The molecule has 1 amide bonds. The molecule has 0 saturated heterocycles. The van der Waals surface area contributed by atoms with Crippen LogP contribution in [-0.4, -0.2) is 44.1 Å². The largest absolute Gasteiger partial charge is 0.484 e. The third-order valence-corrected chi connectivity index (χ3v) is 5.62. The van der Waals surface area contributed by atoms with Crippen LogP contribution in [0.4, 0.5) is 0 Å². The molecule has 3 rings (SSSR count). The van der Waals surface area contributed by atoms with E-state index in [9.17, 15) is 4.79 Å². The first-order valence-corrected chi connectivity index (χ1v) is 11.6. The molecule has 0 bridgehead atoms. The zero-order valence-corrected chi connectivity index (χ0v) is 21.4. The van der Waals surface area contributed by atoms with Gasteiger partial charge in [0.25, 0.3) is 5.91 Å². The van der Waals surface area contributed by atoms with Crippen molar-refractivity contribution < 1.29 is 9.53 Å². The molecule has 1 aromatic heterocycles. The van der Waals surface area contributed by atoms with Gasteiger partial charge in [0.05, 0.1) is 0 Å². The smallest absolute Gasteiger partial charge is 0.258 e. The van der Waals surface area contributed by atoms with Gasteiger partial charge in [0.1, 0.15) is 5.75 Å². The summed E-state index contributed by atoms with van der Waals surface area (Å²) >= 11 is 1.73. The highest BCUT2D eigenvalue weighted by Gasteiger charge is 2.23. The van der Waals surface area contributed by atoms with E-state index in [0.717, 1.165) is 50.6 Å². The van der Waals surface area contributed by atoms with Crippen LogP contribution in [0, 0.1) is 0 Å². The molecule has 1 saturated carbocycles. The fraction of sp³-hybridized carbons (Fsp3) is 0.478. The Labute approximate surface area is 206 Å². The Balaban J connectivity index is 0.00000341. The van der Waals surface area contributed by atoms with Gasteiger partial charge in [0.15, 0.2) is 12.6 Å². The summed E-state index contributed by atoms with van der Waals surface area (Å²) in [5.41, 5.74) is 2.55. The second-order valence-corrected chi connectivity index (χ2v) is 8.41. The van der Waals surface area contributed by atoms with E-state index in [2.05, 4.69) is 46.6 Å². The van der Waals surface area contributed by atoms with E-state index in [-0.39, 0.29) is 36.5 Å². The Hall–Kier alpha value is -1.81. The number of hydrogen-bond donors (Lipinski definition) is 3. The number of rotatable bonds is 11. The Bertz CT molecular complexity index is 807. The van der Waals surface area contributed by atoms with Gasteiger partial charge in [-0.1, -0.05) is 19.1 Å². The van der Waals surface area contributed by atoms with E-state index in [4.69, 9.17) is 9.73 Å². The van der Waals surface area contributed by atoms with Crippen molar-refractivity contribution in [2.75, 3.05) is 26.2 Å². The molecule has 1 atom stereocenters. The summed E-state index contributed by atoms with van der Waals surface area (Å²) in [6.07, 6.45) is 3.05. The number of hydrogen-bond acceptors (Lipinski definition) is 4. The van der Waals surface area contributed by atoms with Crippen molar-refractivity contribution in [3.05, 3.63) is 52.2 Å². The topological polar surface area (TPSA) is 74.8 Å². The lowest BCUT2D eigenvalue weighted by atomic mass is 10.1. The summed E-state index contributed by atoms with van der Waals surface area (Å²) < 4.78 is 5.55. The summed E-state index contributed by atoms with van der Waals surface area (Å²) in [5.74, 6) is 1.93. The minimum absolute atomic E-state index is 0. The maximum Gasteiger partial charge on any atom is 0.258 e. The lowest BCUT2D eigenvalue weighted by Gasteiger charge is -2.13. The standard InChI is InChI=1S/C23H32N4O2S.HI/c1-3-24-23(26-14-17(2)19-11-13-30-16-19)25-12-10-18-4-8-21(9-5-18)29-15-22(28)27-20-6-7-20;/h4-5,8-9,11,13,16-17,20H,3,6-7,10,12,14-15H2,1-2H3,(H,27,28)(H2,24,25,26);1H. The quantitative estimate of drug-likeness (QED) is 0.223. The van der Waals surface area contributed by atoms with E-state index >= 15 is 0 Å². The van der Waals surface area contributed by atoms with Crippen molar-refractivity contribution in [1.82, 2.24) is 16.0 Å². The van der Waals surface area contributed by atoms with E-state index < -0.39 is 0 Å². The van der Waals surface area contributed by atoms with Crippen LogP contribution in [0.15, 0.2) is 46.1 Å². The van der Waals surface area contributed by atoms with Gasteiger partial charge in [0.2, 0.25) is 0 Å². The highest BCUT2D eigenvalue weighted by Crippen LogP contribution is 2.19. The molecule has 1 aliphatic carbocycles. The average Bonchev–Trinajstić information content (AvgIpc) is 3.38. The van der Waals surface area contributed by atoms with E-state index in [1.165, 1.54) is 11.1 Å². The van der Waals surface area contributed by atoms with Crippen molar-refractivity contribution in [3.8, 4) is 5.75 Å². The molecule has 1 aromatic carbocycles. The Morgan fingerprint density at radius 1 is 1.23 bits per heavy atom. The van der Waals surface area contributed by atoms with Crippen LogP contribution in [0.5, 0.6) is 5.75 Å². The number of halogens is 1. The molecule has 6 nitrogen and oxygen atoms in total. The van der Waals surface area contributed by atoms with Crippen LogP contribution in [0.2, 0.25) is 0 Å². The maximum absolute atomic E-state index is 11.7. The number of guanidine groups is 1. The van der Waals surface area contributed by atoms with Crippen molar-refractivity contribution in [2.45, 2.75) is 45.1 Å². The predicted molar refractivity (Wildman–Crippen MR) is 139 cm³/mol. The van der Waals surface area contributed by atoms with Gasteiger partial charge < -0.3 is 20.7 Å². The van der Waals surface area contributed by atoms with Crippen molar-refractivity contribution >= 4 is 47.2 Å². The van der Waals surface area contributed by atoms with Gasteiger partial charge in [-0.05, 0) is 66.3 Å². The highest BCUT2D eigenvalue weighted by atomic mass is 127. The molecular weight excluding hydrogens is 523 g/mol. The van der Waals surface area contributed by atoms with Crippen LogP contribution in [0.3, 0.4) is 0 Å². The van der Waals surface area contributed by atoms with Gasteiger partial charge in [0, 0.05) is 31.6 Å². The van der Waals surface area contributed by atoms with Gasteiger partial charge in [-0.25, -0.2) is 0 Å². The first kappa shape index (κ1) is 25.5. The minimum atomic E-state index is -0.0469. The molecule has 170 valence electrons. The molecule has 1 unspecified atom stereocenters. The number of ether oxygens (including phenoxy) is 1. The third-order valence-electron chi connectivity index (χ3n) is 4.92. The number of aliphatic imine (C=N–C) groups is 1. The second-order valence-electron chi connectivity index (χ2n) is 7.63. The molecule has 31 heavy (non-hydrogen) atoms. The molecule has 1 fully saturated rings. The van der Waals surface area contributed by atoms with Crippen molar-refractivity contribution in [1.29, 1.82) is 0 Å². The highest BCUT2D eigenvalue weighted by molar-refractivity contribution is 14.0. The van der Waals surface area contributed by atoms with E-state index in [0.29, 0.717) is 12.0 Å². The van der Waals surface area contributed by atoms with Crippen LogP contribution >= 0.6 is 35.3 Å². The van der Waals surface area contributed by atoms with Crippen LogP contribution < -0.4 is 20.7 Å². The predicted octanol–water partition coefficient (Wildman–Crippen LogP) is 3.92. The SMILES string of the molecule is CCNC(=NCC(C)c1ccsc1)NCCc1ccc(OCC(=O)NC2CC2)cc1.I. The average molecular weight is 557 g/mol. The van der Waals surface area contributed by atoms with Gasteiger partial charge in [-0.15, -0.1) is 24.0 Å². The maximum atomic E-state index is 11.7. The molecule has 0 radical (unpaired) electrons. The van der Waals surface area contributed by atoms with Crippen molar-refractivity contribution in [2.24, 2.45) is 4.99 Å². The molecule has 1 heterocycles. The molecule has 8 heteroatoms. The van der Waals surface area contributed by atoms with E-state index in [1.807, 2.05) is 24.3 Å². The van der Waals surface area contributed by atoms with Crippen LogP contribution in [0.25, 0.3) is 0 Å². The van der Waals surface area contributed by atoms with E-state index in [1.54, 1.807) is 11.3 Å². The zero-order valence-electron chi connectivity index (χ0n) is 18.2. The molecule has 3 N–H and O–H groups in total. The number of benzene rings is 1. The number of amides is 1. The Morgan fingerprint density at radius 3 is 2.65 bits per heavy atom. The summed E-state index contributed by atoms with van der Waals surface area (Å²) in [4.78, 5) is 16.4. The first-order valence-electron chi connectivity index (χ1n) is 10.7. The minimum Gasteiger partial charge on any atom is -0.484 e. The summed E-state index contributed by atoms with van der Waals surface area (Å²) in [6.45, 7) is 6.73. The fourth-order valence-corrected chi connectivity index (χ4v) is 3.74. The monoisotopic (exact) mass is 556 g/mol. The van der Waals surface area contributed by atoms with Gasteiger partial charge in [-0.3, -0.25) is 9.79 Å². The lowest BCUT2D eigenvalue weighted by Crippen LogP contribution is -2.38. The number of carbonyl (C=O) groups is 1. The van der Waals surface area contributed by atoms with Crippen LogP contribution in [-0.2, 0) is 11.2 Å². The molecule has 0 spiro atoms. The lowest BCUT2D eigenvalue weighted by molar-refractivity contribution is -0.123. The molecule has 1 aliphatic rings.